The average Bonchev–Trinajstić information content (AvgIpc) is 3.21. The predicted octanol–water partition coefficient (Wildman–Crippen LogP) is 5.96. The highest BCUT2D eigenvalue weighted by molar-refractivity contribution is 6.36. The van der Waals surface area contributed by atoms with Crippen molar-refractivity contribution in [2.24, 2.45) is 4.99 Å². The minimum absolute atomic E-state index is 0.114. The van der Waals surface area contributed by atoms with E-state index in [9.17, 15) is 9.59 Å². The summed E-state index contributed by atoms with van der Waals surface area (Å²) in [5.41, 5.74) is 1.49. The SMILES string of the molecule is CCOc1cc(/C=C2\N=C(c3cccc(OC)c3)OC2=O)ccc1OC(=O)c1ccc(Cl)cc1Cl. The van der Waals surface area contributed by atoms with Gasteiger partial charge in [0.15, 0.2) is 17.2 Å². The van der Waals surface area contributed by atoms with Gasteiger partial charge in [0.05, 0.1) is 24.3 Å². The van der Waals surface area contributed by atoms with E-state index in [-0.39, 0.29) is 27.9 Å². The van der Waals surface area contributed by atoms with Crippen LogP contribution in [-0.2, 0) is 9.53 Å². The summed E-state index contributed by atoms with van der Waals surface area (Å²) in [5.74, 6) is 0.0446. The van der Waals surface area contributed by atoms with Crippen molar-refractivity contribution in [3.63, 3.8) is 0 Å². The summed E-state index contributed by atoms with van der Waals surface area (Å²) in [6.07, 6.45) is 1.56. The fourth-order valence-corrected chi connectivity index (χ4v) is 3.71. The summed E-state index contributed by atoms with van der Waals surface area (Å²) in [6, 6.07) is 16.4. The topological polar surface area (TPSA) is 83.4 Å². The van der Waals surface area contributed by atoms with Gasteiger partial charge in [-0.3, -0.25) is 0 Å². The highest BCUT2D eigenvalue weighted by atomic mass is 35.5. The summed E-state index contributed by atoms with van der Waals surface area (Å²) >= 11 is 12.0. The van der Waals surface area contributed by atoms with E-state index < -0.39 is 11.9 Å². The van der Waals surface area contributed by atoms with E-state index in [2.05, 4.69) is 4.99 Å². The molecule has 0 atom stereocenters. The van der Waals surface area contributed by atoms with Crippen LogP contribution in [0.3, 0.4) is 0 Å². The van der Waals surface area contributed by atoms with E-state index in [1.165, 1.54) is 12.1 Å². The Hall–Kier alpha value is -3.81. The Kier molecular flexibility index (Phi) is 7.39. The number of rotatable bonds is 7. The van der Waals surface area contributed by atoms with E-state index >= 15 is 0 Å². The standard InChI is InChI=1S/C26H19Cl2NO6/c1-3-33-23-12-15(7-10-22(23)34-25(30)19-9-8-17(27)14-20(19)28)11-21-26(31)35-24(29-21)16-5-4-6-18(13-16)32-2/h4-14H,3H2,1-2H3/b21-11-. The molecule has 0 saturated heterocycles. The van der Waals surface area contributed by atoms with Crippen LogP contribution < -0.4 is 14.2 Å². The van der Waals surface area contributed by atoms with Gasteiger partial charge in [0.2, 0.25) is 5.90 Å². The van der Waals surface area contributed by atoms with Crippen LogP contribution >= 0.6 is 23.2 Å². The summed E-state index contributed by atoms with van der Waals surface area (Å²) < 4.78 is 21.7. The third kappa shape index (κ3) is 5.65. The highest BCUT2D eigenvalue weighted by Crippen LogP contribution is 2.32. The molecular weight excluding hydrogens is 493 g/mol. The molecule has 0 spiro atoms. The number of nitrogens with zero attached hydrogens (tertiary/aromatic N) is 1. The van der Waals surface area contributed by atoms with Gasteiger partial charge < -0.3 is 18.9 Å². The Morgan fingerprint density at radius 3 is 2.63 bits per heavy atom. The van der Waals surface area contributed by atoms with Crippen LogP contribution in [-0.4, -0.2) is 31.6 Å². The lowest BCUT2D eigenvalue weighted by atomic mass is 10.1. The van der Waals surface area contributed by atoms with Crippen LogP contribution in [0, 0.1) is 0 Å². The van der Waals surface area contributed by atoms with Gasteiger partial charge in [-0.2, -0.15) is 0 Å². The number of carbonyl (C=O) groups excluding carboxylic acids is 2. The number of cyclic esters (lactones) is 1. The molecule has 7 nitrogen and oxygen atoms in total. The molecule has 0 bridgehead atoms. The number of ether oxygens (including phenoxy) is 4. The smallest absolute Gasteiger partial charge is 0.363 e. The molecule has 0 radical (unpaired) electrons. The second-order valence-electron chi connectivity index (χ2n) is 7.22. The van der Waals surface area contributed by atoms with Crippen molar-refractivity contribution in [1.82, 2.24) is 0 Å². The van der Waals surface area contributed by atoms with Crippen molar-refractivity contribution in [3.05, 3.63) is 93.1 Å². The third-order valence-electron chi connectivity index (χ3n) is 4.86. The van der Waals surface area contributed by atoms with Gasteiger partial charge in [0.25, 0.3) is 0 Å². The molecule has 0 N–H and O–H groups in total. The van der Waals surface area contributed by atoms with Gasteiger partial charge in [0.1, 0.15) is 5.75 Å². The van der Waals surface area contributed by atoms with Crippen LogP contribution in [0.15, 0.2) is 71.4 Å². The van der Waals surface area contributed by atoms with Gasteiger partial charge in [-0.1, -0.05) is 35.3 Å². The number of esters is 2. The number of methoxy groups -OCH3 is 1. The maximum absolute atomic E-state index is 12.6. The maximum atomic E-state index is 12.6. The number of halogens is 2. The van der Waals surface area contributed by atoms with E-state index in [4.69, 9.17) is 42.1 Å². The Balaban J connectivity index is 1.60. The zero-order valence-electron chi connectivity index (χ0n) is 18.7. The Bertz CT molecular complexity index is 1370. The van der Waals surface area contributed by atoms with Crippen molar-refractivity contribution in [2.75, 3.05) is 13.7 Å². The first-order chi connectivity index (χ1) is 16.9. The number of aliphatic imine (C=N–C) groups is 1. The molecule has 1 aliphatic rings. The Morgan fingerprint density at radius 2 is 1.89 bits per heavy atom. The van der Waals surface area contributed by atoms with E-state index in [0.717, 1.165) is 0 Å². The molecule has 0 unspecified atom stereocenters. The molecule has 9 heteroatoms. The van der Waals surface area contributed by atoms with E-state index in [0.29, 0.717) is 34.3 Å². The predicted molar refractivity (Wildman–Crippen MR) is 133 cm³/mol. The summed E-state index contributed by atoms with van der Waals surface area (Å²) in [7, 11) is 1.55. The normalized spacial score (nSPS) is 13.9. The second-order valence-corrected chi connectivity index (χ2v) is 8.06. The van der Waals surface area contributed by atoms with Crippen molar-refractivity contribution >= 4 is 47.1 Å². The van der Waals surface area contributed by atoms with Gasteiger partial charge in [-0.15, -0.1) is 0 Å². The van der Waals surface area contributed by atoms with Gasteiger partial charge >= 0.3 is 11.9 Å². The lowest BCUT2D eigenvalue weighted by Gasteiger charge is -2.12. The highest BCUT2D eigenvalue weighted by Gasteiger charge is 2.25. The summed E-state index contributed by atoms with van der Waals surface area (Å²) in [6.45, 7) is 2.12. The fraction of sp³-hybridized carbons (Fsp3) is 0.115. The lowest BCUT2D eigenvalue weighted by Crippen LogP contribution is -2.10. The third-order valence-corrected chi connectivity index (χ3v) is 5.41. The molecule has 0 saturated carbocycles. The molecule has 1 heterocycles. The largest absolute Gasteiger partial charge is 0.497 e. The van der Waals surface area contributed by atoms with E-state index in [1.807, 2.05) is 0 Å². The number of carbonyl (C=O) groups is 2. The molecule has 3 aromatic carbocycles. The Morgan fingerprint density at radius 1 is 1.06 bits per heavy atom. The zero-order chi connectivity index (χ0) is 24.9. The zero-order valence-corrected chi connectivity index (χ0v) is 20.2. The molecule has 0 aromatic heterocycles. The molecular formula is C26H19Cl2NO6. The number of benzene rings is 3. The van der Waals surface area contributed by atoms with Gasteiger partial charge in [0, 0.05) is 10.6 Å². The van der Waals surface area contributed by atoms with Gasteiger partial charge in [-0.25, -0.2) is 14.6 Å². The first-order valence-corrected chi connectivity index (χ1v) is 11.2. The number of hydrogen-bond donors (Lipinski definition) is 0. The average molecular weight is 512 g/mol. The molecule has 178 valence electrons. The molecule has 0 fully saturated rings. The molecule has 35 heavy (non-hydrogen) atoms. The second kappa shape index (κ2) is 10.6. The van der Waals surface area contributed by atoms with Crippen molar-refractivity contribution in [3.8, 4) is 17.2 Å². The van der Waals surface area contributed by atoms with Crippen LogP contribution in [0.1, 0.15) is 28.4 Å². The molecule has 0 aliphatic carbocycles. The van der Waals surface area contributed by atoms with Crippen molar-refractivity contribution in [1.29, 1.82) is 0 Å². The van der Waals surface area contributed by atoms with Crippen molar-refractivity contribution < 1.29 is 28.5 Å². The van der Waals surface area contributed by atoms with Gasteiger partial charge in [-0.05, 0) is 67.1 Å². The minimum atomic E-state index is -0.661. The summed E-state index contributed by atoms with van der Waals surface area (Å²) in [4.78, 5) is 29.3. The van der Waals surface area contributed by atoms with Crippen molar-refractivity contribution in [2.45, 2.75) is 6.92 Å². The lowest BCUT2D eigenvalue weighted by molar-refractivity contribution is -0.129. The summed E-state index contributed by atoms with van der Waals surface area (Å²) in [5, 5.41) is 0.577. The minimum Gasteiger partial charge on any atom is -0.497 e. The fourth-order valence-electron chi connectivity index (χ4n) is 3.22. The van der Waals surface area contributed by atoms with Crippen LogP contribution in [0.25, 0.3) is 6.08 Å². The molecule has 1 aliphatic heterocycles. The molecule has 4 rings (SSSR count). The van der Waals surface area contributed by atoms with E-state index in [1.54, 1.807) is 68.6 Å². The number of hydrogen-bond acceptors (Lipinski definition) is 7. The molecule has 3 aromatic rings. The quantitative estimate of drug-likeness (QED) is 0.221. The van der Waals surface area contributed by atoms with Crippen LogP contribution in [0.2, 0.25) is 10.0 Å². The maximum Gasteiger partial charge on any atom is 0.363 e. The Labute approximate surface area is 211 Å². The molecule has 0 amide bonds. The first-order valence-electron chi connectivity index (χ1n) is 10.5. The first kappa shape index (κ1) is 24.3. The monoisotopic (exact) mass is 511 g/mol. The van der Waals surface area contributed by atoms with Crippen LogP contribution in [0.5, 0.6) is 17.2 Å². The van der Waals surface area contributed by atoms with Crippen LogP contribution in [0.4, 0.5) is 0 Å².